The Morgan fingerprint density at radius 1 is 0.889 bits per heavy atom. The van der Waals surface area contributed by atoms with Crippen molar-refractivity contribution < 1.29 is 4.74 Å². The molecule has 2 atom stereocenters. The minimum absolute atomic E-state index is 0.0163. The van der Waals surface area contributed by atoms with Gasteiger partial charge in [0.05, 0.1) is 5.60 Å². The lowest BCUT2D eigenvalue weighted by molar-refractivity contribution is -0.118. The Kier molecular flexibility index (Phi) is 6.40. The number of rotatable bonds is 7. The highest BCUT2D eigenvalue weighted by atomic mass is 16.5. The summed E-state index contributed by atoms with van der Waals surface area (Å²) in [5.74, 6) is 0.633. The molecule has 0 heterocycles. The van der Waals surface area contributed by atoms with E-state index in [1.165, 1.54) is 12.8 Å². The lowest BCUT2D eigenvalue weighted by atomic mass is 9.75. The third kappa shape index (κ3) is 5.30. The summed E-state index contributed by atoms with van der Waals surface area (Å²) in [6, 6.07) is 0. The van der Waals surface area contributed by atoms with Crippen molar-refractivity contribution in [1.82, 2.24) is 0 Å². The Balaban J connectivity index is 4.39. The maximum Gasteiger partial charge on any atom is 0.0700 e. The molecule has 0 rings (SSSR count). The molecular formula is C17H36O. The first-order chi connectivity index (χ1) is 7.97. The Labute approximate surface area is 116 Å². The third-order valence-electron chi connectivity index (χ3n) is 4.81. The van der Waals surface area contributed by atoms with Gasteiger partial charge in [0.15, 0.2) is 0 Å². The largest absolute Gasteiger partial charge is 0.374 e. The van der Waals surface area contributed by atoms with Crippen molar-refractivity contribution in [3.8, 4) is 0 Å². The van der Waals surface area contributed by atoms with Crippen molar-refractivity contribution in [2.45, 2.75) is 87.2 Å². The average Bonchev–Trinajstić information content (AvgIpc) is 2.23. The topological polar surface area (TPSA) is 9.23 Å². The first-order valence-corrected chi connectivity index (χ1v) is 7.61. The van der Waals surface area contributed by atoms with Crippen LogP contribution in [0.4, 0.5) is 0 Å². The average molecular weight is 256 g/mol. The van der Waals surface area contributed by atoms with Gasteiger partial charge in [0.1, 0.15) is 0 Å². The van der Waals surface area contributed by atoms with Crippen LogP contribution in [0.1, 0.15) is 81.6 Å². The summed E-state index contributed by atoms with van der Waals surface area (Å²) in [6.45, 7) is 21.5. The molecule has 0 aliphatic rings. The molecule has 0 aliphatic heterocycles. The summed E-state index contributed by atoms with van der Waals surface area (Å²) in [4.78, 5) is 0. The van der Waals surface area contributed by atoms with E-state index in [2.05, 4.69) is 62.3 Å². The van der Waals surface area contributed by atoms with E-state index < -0.39 is 0 Å². The lowest BCUT2D eigenvalue weighted by Gasteiger charge is -2.42. The summed E-state index contributed by atoms with van der Waals surface area (Å²) in [5, 5.41) is 0. The molecule has 0 bridgehead atoms. The van der Waals surface area contributed by atoms with E-state index in [1.807, 2.05) is 0 Å². The van der Waals surface area contributed by atoms with E-state index in [0.29, 0.717) is 11.3 Å². The fourth-order valence-electron chi connectivity index (χ4n) is 2.32. The molecule has 2 unspecified atom stereocenters. The van der Waals surface area contributed by atoms with Gasteiger partial charge in [0.25, 0.3) is 0 Å². The first kappa shape index (κ1) is 18.0. The molecule has 0 aromatic rings. The van der Waals surface area contributed by atoms with E-state index in [9.17, 15) is 0 Å². The summed E-state index contributed by atoms with van der Waals surface area (Å²) in [6.07, 6.45) is 3.55. The van der Waals surface area contributed by atoms with Crippen molar-refractivity contribution in [2.75, 3.05) is 6.61 Å². The monoisotopic (exact) mass is 256 g/mol. The molecule has 110 valence electrons. The Hall–Kier alpha value is -0.0400. The second-order valence-corrected chi connectivity index (χ2v) is 7.97. The van der Waals surface area contributed by atoms with E-state index >= 15 is 0 Å². The van der Waals surface area contributed by atoms with Gasteiger partial charge in [-0.2, -0.15) is 0 Å². The maximum atomic E-state index is 6.30. The predicted molar refractivity (Wildman–Crippen MR) is 82.0 cm³/mol. The van der Waals surface area contributed by atoms with Crippen molar-refractivity contribution in [3.63, 3.8) is 0 Å². The van der Waals surface area contributed by atoms with Crippen molar-refractivity contribution in [1.29, 1.82) is 0 Å². The van der Waals surface area contributed by atoms with Gasteiger partial charge in [-0.3, -0.25) is 0 Å². The van der Waals surface area contributed by atoms with Gasteiger partial charge in [0.2, 0.25) is 0 Å². The summed E-state index contributed by atoms with van der Waals surface area (Å²) >= 11 is 0. The molecule has 0 fully saturated rings. The van der Waals surface area contributed by atoms with Gasteiger partial charge in [-0.1, -0.05) is 61.8 Å². The fraction of sp³-hybridized carbons (Fsp3) is 1.00. The van der Waals surface area contributed by atoms with Crippen LogP contribution in [0.5, 0.6) is 0 Å². The van der Waals surface area contributed by atoms with Crippen molar-refractivity contribution in [2.24, 2.45) is 16.7 Å². The maximum absolute atomic E-state index is 6.30. The zero-order valence-corrected chi connectivity index (χ0v) is 14.3. The van der Waals surface area contributed by atoms with Crippen molar-refractivity contribution >= 4 is 0 Å². The highest BCUT2D eigenvalue weighted by molar-refractivity contribution is 4.87. The normalized spacial score (nSPS) is 18.5. The van der Waals surface area contributed by atoms with Crippen LogP contribution in [0, 0.1) is 16.7 Å². The lowest BCUT2D eigenvalue weighted by Crippen LogP contribution is -2.43. The van der Waals surface area contributed by atoms with Crippen LogP contribution in [0.15, 0.2) is 0 Å². The van der Waals surface area contributed by atoms with Crippen molar-refractivity contribution in [3.05, 3.63) is 0 Å². The molecule has 18 heavy (non-hydrogen) atoms. The van der Waals surface area contributed by atoms with Gasteiger partial charge in [-0.05, 0) is 36.5 Å². The summed E-state index contributed by atoms with van der Waals surface area (Å²) in [7, 11) is 0. The molecule has 0 aromatic carbocycles. The van der Waals surface area contributed by atoms with E-state index in [4.69, 9.17) is 4.74 Å². The van der Waals surface area contributed by atoms with E-state index in [-0.39, 0.29) is 11.0 Å². The van der Waals surface area contributed by atoms with Gasteiger partial charge in [0, 0.05) is 6.61 Å². The number of hydrogen-bond donors (Lipinski definition) is 0. The van der Waals surface area contributed by atoms with Crippen LogP contribution < -0.4 is 0 Å². The Morgan fingerprint density at radius 3 is 1.72 bits per heavy atom. The number of ether oxygens (including phenoxy) is 1. The molecular weight excluding hydrogens is 220 g/mol. The van der Waals surface area contributed by atoms with Crippen LogP contribution in [0.2, 0.25) is 0 Å². The molecule has 0 radical (unpaired) electrons. The summed E-state index contributed by atoms with van der Waals surface area (Å²) in [5.41, 5.74) is 0.618. The molecule has 0 amide bonds. The quantitative estimate of drug-likeness (QED) is 0.569. The van der Waals surface area contributed by atoms with Crippen LogP contribution >= 0.6 is 0 Å². The van der Waals surface area contributed by atoms with E-state index in [1.54, 1.807) is 0 Å². The second-order valence-electron chi connectivity index (χ2n) is 7.97. The molecule has 0 saturated heterocycles. The zero-order chi connectivity index (χ0) is 14.6. The van der Waals surface area contributed by atoms with Crippen LogP contribution in [0.25, 0.3) is 0 Å². The van der Waals surface area contributed by atoms with Gasteiger partial charge in [-0.15, -0.1) is 0 Å². The molecule has 0 saturated carbocycles. The first-order valence-electron chi connectivity index (χ1n) is 7.61. The molecule has 1 nitrogen and oxygen atoms in total. The highest BCUT2D eigenvalue weighted by Crippen LogP contribution is 2.37. The Bertz CT molecular complexity index is 236. The number of hydrogen-bond acceptors (Lipinski definition) is 1. The van der Waals surface area contributed by atoms with Crippen LogP contribution in [-0.4, -0.2) is 12.2 Å². The van der Waals surface area contributed by atoms with Crippen LogP contribution in [-0.2, 0) is 4.74 Å². The van der Waals surface area contributed by atoms with Gasteiger partial charge in [-0.25, -0.2) is 0 Å². The van der Waals surface area contributed by atoms with Gasteiger partial charge < -0.3 is 4.74 Å². The molecule has 0 aliphatic carbocycles. The fourth-order valence-corrected chi connectivity index (χ4v) is 2.32. The minimum atomic E-state index is -0.0163. The molecule has 0 N–H and O–H groups in total. The van der Waals surface area contributed by atoms with Crippen LogP contribution in [0.3, 0.4) is 0 Å². The molecule has 1 heteroatoms. The second kappa shape index (κ2) is 6.41. The smallest absolute Gasteiger partial charge is 0.0700 e. The summed E-state index contributed by atoms with van der Waals surface area (Å²) < 4.78 is 6.30. The highest BCUT2D eigenvalue weighted by Gasteiger charge is 2.37. The zero-order valence-electron chi connectivity index (χ0n) is 14.3. The molecule has 0 spiro atoms. The Morgan fingerprint density at radius 2 is 1.39 bits per heavy atom. The SMILES string of the molecule is CCC(C)(C)CC(C)COC(C)(CC)C(C)(C)C. The predicted octanol–water partition coefficient (Wildman–Crippen LogP) is 5.68. The molecule has 0 aromatic heterocycles. The third-order valence-corrected chi connectivity index (χ3v) is 4.81. The van der Waals surface area contributed by atoms with E-state index in [0.717, 1.165) is 13.0 Å². The minimum Gasteiger partial charge on any atom is -0.374 e. The standard InChI is InChI=1S/C17H36O/c1-10-16(7,8)12-14(3)13-18-17(9,11-2)15(4,5)6/h14H,10-13H2,1-9H3. The van der Waals surface area contributed by atoms with Gasteiger partial charge >= 0.3 is 0 Å².